The van der Waals surface area contributed by atoms with E-state index in [1.54, 1.807) is 13.0 Å². The number of halogens is 1. The summed E-state index contributed by atoms with van der Waals surface area (Å²) in [5.41, 5.74) is 1.42. The van der Waals surface area contributed by atoms with Gasteiger partial charge in [0.2, 0.25) is 0 Å². The molecule has 0 radical (unpaired) electrons. The van der Waals surface area contributed by atoms with Gasteiger partial charge in [-0.05, 0) is 50.8 Å². The lowest BCUT2D eigenvalue weighted by Gasteiger charge is -2.30. The largest absolute Gasteiger partial charge is 0.370 e. The third-order valence-electron chi connectivity index (χ3n) is 4.15. The first kappa shape index (κ1) is 17.7. The molecule has 1 aromatic carbocycles. The first-order valence-electron chi connectivity index (χ1n) is 8.58. The molecule has 0 aromatic heterocycles. The van der Waals surface area contributed by atoms with E-state index in [1.807, 2.05) is 0 Å². The van der Waals surface area contributed by atoms with Crippen molar-refractivity contribution in [2.75, 3.05) is 29.9 Å². The molecule has 1 N–H and O–H groups in total. The maximum absolute atomic E-state index is 13.6. The zero-order valence-corrected chi connectivity index (χ0v) is 14.1. The molecule has 128 valence electrons. The molecule has 0 aliphatic carbocycles. The van der Waals surface area contributed by atoms with Crippen molar-refractivity contribution in [1.29, 1.82) is 0 Å². The number of benzene rings is 1. The van der Waals surface area contributed by atoms with Crippen molar-refractivity contribution in [3.63, 3.8) is 0 Å². The van der Waals surface area contributed by atoms with E-state index in [0.717, 1.165) is 44.5 Å². The van der Waals surface area contributed by atoms with Crippen LogP contribution in [0.15, 0.2) is 18.2 Å². The molecular formula is C18H27FN2O2. The lowest BCUT2D eigenvalue weighted by Crippen LogP contribution is -2.32. The highest BCUT2D eigenvalue weighted by Crippen LogP contribution is 2.29. The Morgan fingerprint density at radius 2 is 2.09 bits per heavy atom. The molecule has 2 rings (SSSR count). The Kier molecular flexibility index (Phi) is 6.84. The molecule has 5 heteroatoms. The second-order valence-electron chi connectivity index (χ2n) is 6.07. The molecule has 23 heavy (non-hydrogen) atoms. The maximum Gasteiger partial charge on any atom is 0.253 e. The average molecular weight is 322 g/mol. The third kappa shape index (κ3) is 5.20. The van der Waals surface area contributed by atoms with E-state index in [2.05, 4.69) is 17.1 Å². The number of hydrogen-bond donors (Lipinski definition) is 1. The van der Waals surface area contributed by atoms with E-state index in [0.29, 0.717) is 12.3 Å². The first-order chi connectivity index (χ1) is 11.1. The molecule has 1 aromatic rings. The highest BCUT2D eigenvalue weighted by atomic mass is 19.1. The topological polar surface area (TPSA) is 41.6 Å². The second-order valence-corrected chi connectivity index (χ2v) is 6.07. The van der Waals surface area contributed by atoms with Crippen molar-refractivity contribution in [3.05, 3.63) is 24.0 Å². The normalized spacial score (nSPS) is 16.2. The summed E-state index contributed by atoms with van der Waals surface area (Å²) < 4.78 is 19.1. The van der Waals surface area contributed by atoms with Gasteiger partial charge in [0.1, 0.15) is 11.9 Å². The minimum Gasteiger partial charge on any atom is -0.370 e. The van der Waals surface area contributed by atoms with Crippen LogP contribution < -0.4 is 10.2 Å². The molecule has 1 amide bonds. The van der Waals surface area contributed by atoms with Crippen molar-refractivity contribution in [1.82, 2.24) is 0 Å². The molecule has 4 nitrogen and oxygen atoms in total. The van der Waals surface area contributed by atoms with Gasteiger partial charge in [0, 0.05) is 19.7 Å². The number of ether oxygens (including phenoxy) is 1. The van der Waals surface area contributed by atoms with Gasteiger partial charge in [-0.2, -0.15) is 0 Å². The Bertz CT molecular complexity index is 516. The Morgan fingerprint density at radius 1 is 1.35 bits per heavy atom. The van der Waals surface area contributed by atoms with Crippen molar-refractivity contribution in [3.8, 4) is 0 Å². The molecular weight excluding hydrogens is 295 g/mol. The van der Waals surface area contributed by atoms with Crippen LogP contribution in [-0.4, -0.2) is 31.7 Å². The van der Waals surface area contributed by atoms with Crippen molar-refractivity contribution >= 4 is 17.3 Å². The molecule has 0 spiro atoms. The fourth-order valence-electron chi connectivity index (χ4n) is 2.73. The molecule has 0 bridgehead atoms. The van der Waals surface area contributed by atoms with Crippen LogP contribution in [0.4, 0.5) is 15.8 Å². The van der Waals surface area contributed by atoms with Crippen LogP contribution in [0, 0.1) is 5.82 Å². The van der Waals surface area contributed by atoms with E-state index in [1.165, 1.54) is 18.6 Å². The summed E-state index contributed by atoms with van der Waals surface area (Å²) in [4.78, 5) is 14.5. The predicted molar refractivity (Wildman–Crippen MR) is 91.4 cm³/mol. The van der Waals surface area contributed by atoms with Gasteiger partial charge in [0.05, 0.1) is 11.4 Å². The van der Waals surface area contributed by atoms with Gasteiger partial charge in [0.25, 0.3) is 5.91 Å². The number of carbonyl (C=O) groups excluding carboxylic acids is 1. The average Bonchev–Trinajstić information content (AvgIpc) is 2.56. The summed E-state index contributed by atoms with van der Waals surface area (Å²) in [6, 6.07) is 4.58. The van der Waals surface area contributed by atoms with Crippen molar-refractivity contribution in [2.45, 2.75) is 52.1 Å². The molecule has 0 saturated carbocycles. The minimum absolute atomic E-state index is 0.232. The van der Waals surface area contributed by atoms with Gasteiger partial charge >= 0.3 is 0 Å². The number of nitrogens with one attached hydrogen (secondary N) is 1. The van der Waals surface area contributed by atoms with E-state index in [4.69, 9.17) is 4.74 Å². The molecule has 1 unspecified atom stereocenters. The van der Waals surface area contributed by atoms with E-state index in [9.17, 15) is 9.18 Å². The summed E-state index contributed by atoms with van der Waals surface area (Å²) in [5.74, 6) is -0.578. The van der Waals surface area contributed by atoms with Crippen LogP contribution >= 0.6 is 0 Å². The predicted octanol–water partition coefficient (Wildman–Crippen LogP) is 3.96. The number of rotatable bonds is 7. The summed E-state index contributed by atoms with van der Waals surface area (Å²) in [7, 11) is 0. The van der Waals surface area contributed by atoms with Crippen molar-refractivity contribution in [2.24, 2.45) is 0 Å². The van der Waals surface area contributed by atoms with Crippen LogP contribution in [0.2, 0.25) is 0 Å². The van der Waals surface area contributed by atoms with Crippen LogP contribution in [0.5, 0.6) is 0 Å². The fraction of sp³-hybridized carbons (Fsp3) is 0.611. The number of anilines is 2. The highest BCUT2D eigenvalue weighted by molar-refractivity contribution is 5.97. The van der Waals surface area contributed by atoms with Gasteiger partial charge in [0.15, 0.2) is 0 Å². The molecule has 1 saturated heterocycles. The second kappa shape index (κ2) is 8.87. The summed E-state index contributed by atoms with van der Waals surface area (Å²) in [6.45, 7) is 6.25. The summed E-state index contributed by atoms with van der Waals surface area (Å²) in [5, 5.41) is 2.83. The van der Waals surface area contributed by atoms with Crippen LogP contribution in [0.25, 0.3) is 0 Å². The quantitative estimate of drug-likeness (QED) is 0.773. The zero-order valence-electron chi connectivity index (χ0n) is 14.1. The van der Waals surface area contributed by atoms with Crippen LogP contribution in [0.3, 0.4) is 0 Å². The Balaban J connectivity index is 2.05. The van der Waals surface area contributed by atoms with Gasteiger partial charge in [-0.1, -0.05) is 13.3 Å². The molecule has 1 aliphatic heterocycles. The van der Waals surface area contributed by atoms with E-state index < -0.39 is 6.10 Å². The number of nitrogens with zero attached hydrogens (tertiary/aromatic N) is 1. The van der Waals surface area contributed by atoms with Crippen LogP contribution in [0.1, 0.15) is 46.0 Å². The summed E-state index contributed by atoms with van der Waals surface area (Å²) in [6.07, 6.45) is 4.89. The lowest BCUT2D eigenvalue weighted by atomic mass is 10.1. The minimum atomic E-state index is -0.543. The Labute approximate surface area is 138 Å². The summed E-state index contributed by atoms with van der Waals surface area (Å²) >= 11 is 0. The van der Waals surface area contributed by atoms with Gasteiger partial charge in [-0.3, -0.25) is 4.79 Å². The highest BCUT2D eigenvalue weighted by Gasteiger charge is 2.19. The smallest absolute Gasteiger partial charge is 0.253 e. The maximum atomic E-state index is 13.6. The third-order valence-corrected chi connectivity index (χ3v) is 4.15. The standard InChI is InChI=1S/C18H27FN2O2/c1-3-4-12-23-14(2)18(22)20-16-13-15(19)8-9-17(16)21-10-6-5-7-11-21/h8-9,13-14H,3-7,10-12H2,1-2H3,(H,20,22). The Hall–Kier alpha value is -1.62. The van der Waals surface area contributed by atoms with Gasteiger partial charge in [-0.25, -0.2) is 4.39 Å². The first-order valence-corrected chi connectivity index (χ1v) is 8.58. The van der Waals surface area contributed by atoms with Gasteiger partial charge in [-0.15, -0.1) is 0 Å². The number of piperidine rings is 1. The van der Waals surface area contributed by atoms with Crippen LogP contribution in [-0.2, 0) is 9.53 Å². The number of carbonyl (C=O) groups is 1. The molecule has 1 heterocycles. The van der Waals surface area contributed by atoms with Gasteiger partial charge < -0.3 is 15.0 Å². The van der Waals surface area contributed by atoms with E-state index in [-0.39, 0.29) is 11.7 Å². The molecule has 1 atom stereocenters. The monoisotopic (exact) mass is 322 g/mol. The Morgan fingerprint density at radius 3 is 2.78 bits per heavy atom. The lowest BCUT2D eigenvalue weighted by molar-refractivity contribution is -0.126. The number of unbranched alkanes of at least 4 members (excludes halogenated alkanes) is 1. The zero-order chi connectivity index (χ0) is 16.7. The number of amides is 1. The number of hydrogen-bond acceptors (Lipinski definition) is 3. The van der Waals surface area contributed by atoms with Crippen molar-refractivity contribution < 1.29 is 13.9 Å². The SMILES string of the molecule is CCCCOC(C)C(=O)Nc1cc(F)ccc1N1CCCCC1. The fourth-order valence-corrected chi connectivity index (χ4v) is 2.73. The molecule has 1 fully saturated rings. The molecule has 1 aliphatic rings. The van der Waals surface area contributed by atoms with E-state index >= 15 is 0 Å².